The average molecular weight is 546 g/mol. The molecule has 4 atom stereocenters. The molecule has 8 nitrogen and oxygen atoms in total. The summed E-state index contributed by atoms with van der Waals surface area (Å²) in [4.78, 5) is 50.4. The second kappa shape index (κ2) is 9.91. The van der Waals surface area contributed by atoms with Crippen LogP contribution in [0, 0.1) is 11.8 Å². The molecule has 1 heterocycles. The fraction of sp³-hybridized carbons (Fsp3) is 0.500. The van der Waals surface area contributed by atoms with Crippen LogP contribution in [0.3, 0.4) is 0 Å². The van der Waals surface area contributed by atoms with Crippen LogP contribution in [0.15, 0.2) is 24.3 Å². The Kier molecular flexibility index (Phi) is 7.51. The molecule has 30 heavy (non-hydrogen) atoms. The molecule has 3 rings (SSSR count). The van der Waals surface area contributed by atoms with Gasteiger partial charge in [-0.3, -0.25) is 24.1 Å². The summed E-state index contributed by atoms with van der Waals surface area (Å²) in [6, 6.07) is 6.76. The van der Waals surface area contributed by atoms with E-state index in [-0.39, 0.29) is 21.5 Å². The number of amides is 3. The highest BCUT2D eigenvalue weighted by Crippen LogP contribution is 2.43. The summed E-state index contributed by atoms with van der Waals surface area (Å²) in [5.41, 5.74) is 0.530. The minimum Gasteiger partial charge on any atom is -0.494 e. The molecule has 1 aliphatic heterocycles. The lowest BCUT2D eigenvalue weighted by Crippen LogP contribution is -2.37. The molecule has 0 bridgehead atoms. The molecule has 0 spiro atoms. The minimum atomic E-state index is -0.803. The van der Waals surface area contributed by atoms with Crippen molar-refractivity contribution in [3.63, 3.8) is 0 Å². The predicted molar refractivity (Wildman–Crippen MR) is 116 cm³/mol. The zero-order valence-corrected chi connectivity index (χ0v) is 19.5. The Bertz CT molecular complexity index is 803. The van der Waals surface area contributed by atoms with Gasteiger partial charge in [-0.2, -0.15) is 0 Å². The Labute approximate surface area is 190 Å². The SMILES string of the molecule is CCOc1ccc(NC(=O)COC(=O)CN2C(=O)[C@H]3C[C@H](Br)[C@@H](Br)C[C@H]3C2=O)cc1. The van der Waals surface area contributed by atoms with Gasteiger partial charge < -0.3 is 14.8 Å². The number of nitrogens with zero attached hydrogens (tertiary/aromatic N) is 1. The van der Waals surface area contributed by atoms with Crippen LogP contribution in [-0.4, -0.2) is 58.0 Å². The molecule has 162 valence electrons. The maximum absolute atomic E-state index is 12.6. The van der Waals surface area contributed by atoms with Crippen LogP contribution in [0.1, 0.15) is 19.8 Å². The molecule has 0 aromatic heterocycles. The maximum Gasteiger partial charge on any atom is 0.326 e. The molecule has 2 aliphatic rings. The smallest absolute Gasteiger partial charge is 0.326 e. The topological polar surface area (TPSA) is 102 Å². The van der Waals surface area contributed by atoms with Crippen LogP contribution in [0.5, 0.6) is 5.75 Å². The number of carbonyl (C=O) groups excluding carboxylic acids is 4. The van der Waals surface area contributed by atoms with Crippen LogP contribution < -0.4 is 10.1 Å². The molecule has 0 unspecified atom stereocenters. The molecule has 1 aromatic rings. The van der Waals surface area contributed by atoms with Crippen LogP contribution in [-0.2, 0) is 23.9 Å². The number of fused-ring (bicyclic) bond motifs is 1. The third-order valence-corrected chi connectivity index (χ3v) is 7.84. The number of rotatable bonds is 7. The largest absolute Gasteiger partial charge is 0.494 e. The van der Waals surface area contributed by atoms with Crippen LogP contribution in [0.4, 0.5) is 5.69 Å². The van der Waals surface area contributed by atoms with Crippen molar-refractivity contribution in [2.45, 2.75) is 29.4 Å². The molecular formula is C20H22Br2N2O6. The molecule has 0 radical (unpaired) electrons. The molecule has 1 N–H and O–H groups in total. The van der Waals surface area contributed by atoms with Gasteiger partial charge in [0.25, 0.3) is 5.91 Å². The van der Waals surface area contributed by atoms with E-state index in [1.54, 1.807) is 24.3 Å². The zero-order valence-electron chi connectivity index (χ0n) is 16.3. The number of alkyl halides is 2. The summed E-state index contributed by atoms with van der Waals surface area (Å²) in [5, 5.41) is 2.60. The van der Waals surface area contributed by atoms with Crippen LogP contribution in [0.2, 0.25) is 0 Å². The number of carbonyl (C=O) groups is 4. The Hall–Kier alpha value is -1.94. The first-order valence-electron chi connectivity index (χ1n) is 9.61. The number of anilines is 1. The first-order valence-corrected chi connectivity index (χ1v) is 11.4. The second-order valence-corrected chi connectivity index (χ2v) is 9.50. The van der Waals surface area contributed by atoms with Crippen molar-refractivity contribution in [2.24, 2.45) is 11.8 Å². The third kappa shape index (κ3) is 5.21. The average Bonchev–Trinajstić information content (AvgIpc) is 2.93. The van der Waals surface area contributed by atoms with E-state index in [9.17, 15) is 19.2 Å². The first kappa shape index (κ1) is 22.7. The summed E-state index contributed by atoms with van der Waals surface area (Å²) >= 11 is 7.03. The van der Waals surface area contributed by atoms with Gasteiger partial charge in [0, 0.05) is 15.3 Å². The number of benzene rings is 1. The Morgan fingerprint density at radius 3 is 2.17 bits per heavy atom. The molecule has 1 saturated carbocycles. The van der Waals surface area contributed by atoms with Crippen LogP contribution in [0.25, 0.3) is 0 Å². The fourth-order valence-electron chi connectivity index (χ4n) is 3.64. The highest BCUT2D eigenvalue weighted by molar-refractivity contribution is 9.12. The van der Waals surface area contributed by atoms with Crippen molar-refractivity contribution in [3.05, 3.63) is 24.3 Å². The number of imide groups is 1. The summed E-state index contributed by atoms with van der Waals surface area (Å²) in [6.07, 6.45) is 1.06. The third-order valence-electron chi connectivity index (χ3n) is 5.10. The van der Waals surface area contributed by atoms with Crippen molar-refractivity contribution in [2.75, 3.05) is 25.1 Å². The van der Waals surface area contributed by atoms with Gasteiger partial charge in [0.15, 0.2) is 6.61 Å². The Balaban J connectivity index is 1.48. The van der Waals surface area contributed by atoms with Gasteiger partial charge in [-0.05, 0) is 44.0 Å². The second-order valence-electron chi connectivity index (χ2n) is 7.15. The van der Waals surface area contributed by atoms with Gasteiger partial charge >= 0.3 is 5.97 Å². The zero-order chi connectivity index (χ0) is 21.8. The monoisotopic (exact) mass is 544 g/mol. The number of nitrogens with one attached hydrogen (secondary N) is 1. The predicted octanol–water partition coefficient (Wildman–Crippen LogP) is 2.49. The lowest BCUT2D eigenvalue weighted by atomic mass is 9.81. The number of ether oxygens (including phenoxy) is 2. The quantitative estimate of drug-likeness (QED) is 0.321. The van der Waals surface area contributed by atoms with Crippen molar-refractivity contribution in [1.29, 1.82) is 0 Å². The van der Waals surface area contributed by atoms with E-state index in [1.807, 2.05) is 6.92 Å². The summed E-state index contributed by atoms with van der Waals surface area (Å²) in [6.45, 7) is 1.42. The molecule has 2 fully saturated rings. The summed E-state index contributed by atoms with van der Waals surface area (Å²) < 4.78 is 10.3. The summed E-state index contributed by atoms with van der Waals surface area (Å²) in [5.74, 6) is -2.21. The lowest BCUT2D eigenvalue weighted by Gasteiger charge is -2.29. The molecule has 1 aromatic carbocycles. The fourth-order valence-corrected chi connectivity index (χ4v) is 4.88. The van der Waals surface area contributed by atoms with E-state index in [0.29, 0.717) is 30.9 Å². The number of halogens is 2. The standard InChI is InChI=1S/C20H22Br2N2O6/c1-2-29-12-5-3-11(4-6-12)23-17(25)10-30-18(26)9-24-19(27)13-7-15(21)16(22)8-14(13)20(24)28/h3-6,13-16H,2,7-10H2,1H3,(H,23,25)/t13-,14+,15-,16-/m0/s1. The number of hydrogen-bond acceptors (Lipinski definition) is 6. The highest BCUT2D eigenvalue weighted by atomic mass is 79.9. The van der Waals surface area contributed by atoms with Gasteiger partial charge in [0.05, 0.1) is 18.4 Å². The highest BCUT2D eigenvalue weighted by Gasteiger charge is 2.52. The number of likely N-dealkylation sites (tertiary alicyclic amines) is 1. The van der Waals surface area contributed by atoms with Gasteiger partial charge in [0.1, 0.15) is 12.3 Å². The van der Waals surface area contributed by atoms with Gasteiger partial charge in [-0.15, -0.1) is 0 Å². The molecule has 3 amide bonds. The Morgan fingerprint density at radius 2 is 1.63 bits per heavy atom. The number of hydrogen-bond donors (Lipinski definition) is 1. The Morgan fingerprint density at radius 1 is 1.07 bits per heavy atom. The van der Waals surface area contributed by atoms with E-state index in [1.165, 1.54) is 0 Å². The van der Waals surface area contributed by atoms with Crippen LogP contribution >= 0.6 is 31.9 Å². The van der Waals surface area contributed by atoms with Gasteiger partial charge in [-0.25, -0.2) is 0 Å². The van der Waals surface area contributed by atoms with Crippen molar-refractivity contribution < 1.29 is 28.7 Å². The van der Waals surface area contributed by atoms with E-state index in [2.05, 4.69) is 37.2 Å². The molecular weight excluding hydrogens is 524 g/mol. The van der Waals surface area contributed by atoms with E-state index < -0.39 is 36.9 Å². The first-order chi connectivity index (χ1) is 14.3. The van der Waals surface area contributed by atoms with Crippen molar-refractivity contribution in [1.82, 2.24) is 4.90 Å². The van der Waals surface area contributed by atoms with E-state index in [0.717, 1.165) is 4.90 Å². The van der Waals surface area contributed by atoms with E-state index >= 15 is 0 Å². The van der Waals surface area contributed by atoms with Crippen molar-refractivity contribution >= 4 is 61.2 Å². The van der Waals surface area contributed by atoms with Gasteiger partial charge in [0.2, 0.25) is 11.8 Å². The number of esters is 1. The molecule has 10 heteroatoms. The minimum absolute atomic E-state index is 0.0914. The van der Waals surface area contributed by atoms with Crippen molar-refractivity contribution in [3.8, 4) is 5.75 Å². The summed E-state index contributed by atoms with van der Waals surface area (Å²) in [7, 11) is 0. The molecule has 1 saturated heterocycles. The normalized spacial score (nSPS) is 25.6. The molecule has 1 aliphatic carbocycles. The van der Waals surface area contributed by atoms with E-state index in [4.69, 9.17) is 9.47 Å². The maximum atomic E-state index is 12.6. The lowest BCUT2D eigenvalue weighted by molar-refractivity contribution is -0.154. The van der Waals surface area contributed by atoms with Gasteiger partial charge in [-0.1, -0.05) is 31.9 Å².